The summed E-state index contributed by atoms with van der Waals surface area (Å²) in [5.41, 5.74) is 1.09. The minimum atomic E-state index is -1.23. The Morgan fingerprint density at radius 2 is 1.65 bits per heavy atom. The topological polar surface area (TPSA) is 93.8 Å². The number of aromatic carboxylic acids is 1. The molecular weight excluding hydrogens is 581 g/mol. The maximum atomic E-state index is 13.0. The van der Waals surface area contributed by atoms with Gasteiger partial charge in [-0.1, -0.05) is 71.6 Å². The molecule has 0 fully saturated rings. The van der Waals surface area contributed by atoms with Crippen LogP contribution in [0.2, 0.25) is 0 Å². The van der Waals surface area contributed by atoms with Crippen molar-refractivity contribution in [2.75, 3.05) is 7.11 Å². The Morgan fingerprint density at radius 1 is 0.930 bits per heavy atom. The van der Waals surface area contributed by atoms with Gasteiger partial charge in [-0.2, -0.15) is 0 Å². The molecule has 236 valence electrons. The van der Waals surface area contributed by atoms with Gasteiger partial charge in [-0.25, -0.2) is 4.79 Å². The predicted molar refractivity (Wildman–Crippen MR) is 178 cm³/mol. The van der Waals surface area contributed by atoms with Crippen LogP contribution in [0.25, 0.3) is 11.0 Å². The van der Waals surface area contributed by atoms with E-state index in [-0.39, 0.29) is 28.0 Å². The van der Waals surface area contributed by atoms with E-state index in [4.69, 9.17) is 9.15 Å². The van der Waals surface area contributed by atoms with Gasteiger partial charge in [0.25, 0.3) is 0 Å². The van der Waals surface area contributed by atoms with Gasteiger partial charge in [-0.15, -0.1) is 23.1 Å². The molecule has 1 unspecified atom stereocenters. The number of ether oxygens (including phenoxy) is 1. The maximum Gasteiger partial charge on any atom is 0.372 e. The first kappa shape index (κ1) is 34.9. The highest BCUT2D eigenvalue weighted by Crippen LogP contribution is 2.44. The molecule has 0 saturated carbocycles. The van der Waals surface area contributed by atoms with Gasteiger partial charge < -0.3 is 14.3 Å². The molecule has 0 radical (unpaired) electrons. The Labute approximate surface area is 264 Å². The van der Waals surface area contributed by atoms with Gasteiger partial charge in [0.05, 0.1) is 12.5 Å². The number of methoxy groups -OCH3 is 1. The molecular formula is C35H48O6S2. The number of carboxylic acids is 1. The Balaban J connectivity index is 1.82. The minimum Gasteiger partial charge on any atom is -0.475 e. The van der Waals surface area contributed by atoms with Crippen LogP contribution in [0.4, 0.5) is 0 Å². The number of rotatable bonds is 20. The second-order valence-corrected chi connectivity index (χ2v) is 13.8. The number of thioether (sulfide) groups is 1. The number of benzene rings is 1. The number of fused-ring (bicyclic) bond motifs is 1. The Bertz CT molecular complexity index is 1390. The molecule has 43 heavy (non-hydrogen) atoms. The van der Waals surface area contributed by atoms with Crippen molar-refractivity contribution < 1.29 is 23.8 Å². The molecule has 1 atom stereocenters. The van der Waals surface area contributed by atoms with E-state index in [1.807, 2.05) is 17.4 Å². The van der Waals surface area contributed by atoms with E-state index in [1.54, 1.807) is 17.8 Å². The number of esters is 1. The highest BCUT2D eigenvalue weighted by Gasteiger charge is 2.23. The number of unbranched alkanes of at least 4 members (excludes halogenated alkanes) is 8. The normalized spacial score (nSPS) is 12.1. The van der Waals surface area contributed by atoms with Crippen LogP contribution in [0.5, 0.6) is 0 Å². The molecule has 0 amide bonds. The van der Waals surface area contributed by atoms with Crippen LogP contribution in [0.1, 0.15) is 134 Å². The summed E-state index contributed by atoms with van der Waals surface area (Å²) in [6, 6.07) is 8.27. The van der Waals surface area contributed by atoms with Crippen molar-refractivity contribution in [1.29, 1.82) is 0 Å². The zero-order chi connectivity index (χ0) is 31.2. The van der Waals surface area contributed by atoms with Gasteiger partial charge in [-0.3, -0.25) is 9.59 Å². The van der Waals surface area contributed by atoms with Crippen molar-refractivity contribution in [3.8, 4) is 0 Å². The number of hydrogen-bond donors (Lipinski definition) is 1. The molecule has 0 aliphatic heterocycles. The van der Waals surface area contributed by atoms with Gasteiger partial charge in [0.15, 0.2) is 5.43 Å². The standard InChI is InChI=1S/C35H48O6S2/c1-5-7-8-9-10-11-12-13-17-25-20-22-30(42-25)29(18-14-15-19-31(36)40-4)43-28-23-21-27-32(37)24(3)33(35(38)39)41-34(27)26(28)16-6-2/h20-23,29H,5-19H2,1-4H3,(H,38,39). The number of carbonyl (C=O) groups excluding carboxylic acids is 1. The summed E-state index contributed by atoms with van der Waals surface area (Å²) in [5.74, 6) is -1.71. The Kier molecular flexibility index (Phi) is 14.8. The van der Waals surface area contributed by atoms with Crippen molar-refractivity contribution in [2.24, 2.45) is 0 Å². The molecule has 0 aliphatic carbocycles. The summed E-state index contributed by atoms with van der Waals surface area (Å²) >= 11 is 3.63. The second-order valence-electron chi connectivity index (χ2n) is 11.3. The molecule has 3 aromatic rings. The summed E-state index contributed by atoms with van der Waals surface area (Å²) in [5, 5.41) is 10.3. The SMILES string of the molecule is CCCCCCCCCCc1ccc(C(CCCCC(=O)OC)Sc2ccc3c(=O)c(C)c(C(=O)O)oc3c2CCC)s1. The molecule has 3 rings (SSSR count). The third-order valence-corrected chi connectivity index (χ3v) is 10.7. The fourth-order valence-corrected chi connectivity index (χ4v) is 8.07. The highest BCUT2D eigenvalue weighted by molar-refractivity contribution is 7.99. The first-order chi connectivity index (χ1) is 20.8. The third kappa shape index (κ3) is 10.2. The average molecular weight is 629 g/mol. The average Bonchev–Trinajstić information content (AvgIpc) is 3.47. The molecule has 0 spiro atoms. The first-order valence-electron chi connectivity index (χ1n) is 15.9. The monoisotopic (exact) mass is 628 g/mol. The summed E-state index contributed by atoms with van der Waals surface area (Å²) < 4.78 is 10.7. The predicted octanol–water partition coefficient (Wildman–Crippen LogP) is 10.1. The minimum absolute atomic E-state index is 0.119. The summed E-state index contributed by atoms with van der Waals surface area (Å²) in [7, 11) is 1.42. The van der Waals surface area contributed by atoms with E-state index >= 15 is 0 Å². The Morgan fingerprint density at radius 3 is 2.33 bits per heavy atom. The third-order valence-electron chi connectivity index (χ3n) is 7.91. The number of carboxylic acid groups (broad SMARTS) is 1. The summed E-state index contributed by atoms with van der Waals surface area (Å²) in [4.78, 5) is 40.3. The molecule has 2 heterocycles. The van der Waals surface area contributed by atoms with Crippen LogP contribution in [-0.4, -0.2) is 24.2 Å². The quantitative estimate of drug-likeness (QED) is 0.0756. The largest absolute Gasteiger partial charge is 0.475 e. The van der Waals surface area contributed by atoms with Crippen LogP contribution >= 0.6 is 23.1 Å². The lowest BCUT2D eigenvalue weighted by atomic mass is 10.0. The van der Waals surface area contributed by atoms with E-state index in [2.05, 4.69) is 26.0 Å². The fourth-order valence-electron chi connectivity index (χ4n) is 5.44. The van der Waals surface area contributed by atoms with Crippen LogP contribution in [0.3, 0.4) is 0 Å². The van der Waals surface area contributed by atoms with Gasteiger partial charge in [0, 0.05) is 37.4 Å². The fraction of sp³-hybridized carbons (Fsp3) is 0.571. The molecule has 0 saturated heterocycles. The molecule has 2 aromatic heterocycles. The van der Waals surface area contributed by atoms with Gasteiger partial charge >= 0.3 is 11.9 Å². The number of carbonyl (C=O) groups is 2. The molecule has 1 N–H and O–H groups in total. The van der Waals surface area contributed by atoms with E-state index in [1.165, 1.54) is 75.2 Å². The van der Waals surface area contributed by atoms with Gasteiger partial charge in [0.1, 0.15) is 5.58 Å². The van der Waals surface area contributed by atoms with Crippen LogP contribution < -0.4 is 5.43 Å². The zero-order valence-electron chi connectivity index (χ0n) is 26.3. The molecule has 6 nitrogen and oxygen atoms in total. The molecule has 0 aliphatic rings. The van der Waals surface area contributed by atoms with Crippen molar-refractivity contribution >= 4 is 46.0 Å². The summed E-state index contributed by atoms with van der Waals surface area (Å²) in [6.07, 6.45) is 16.0. The Hall–Kier alpha value is -2.58. The summed E-state index contributed by atoms with van der Waals surface area (Å²) in [6.45, 7) is 5.82. The van der Waals surface area contributed by atoms with Crippen molar-refractivity contribution in [3.05, 3.63) is 61.1 Å². The second kappa shape index (κ2) is 18.3. The lowest BCUT2D eigenvalue weighted by Crippen LogP contribution is -2.13. The molecule has 1 aromatic carbocycles. The van der Waals surface area contributed by atoms with E-state index < -0.39 is 5.97 Å². The molecule has 8 heteroatoms. The maximum absolute atomic E-state index is 13.0. The van der Waals surface area contributed by atoms with Crippen molar-refractivity contribution in [1.82, 2.24) is 0 Å². The van der Waals surface area contributed by atoms with E-state index in [9.17, 15) is 19.5 Å². The highest BCUT2D eigenvalue weighted by atomic mass is 32.2. The lowest BCUT2D eigenvalue weighted by Gasteiger charge is -2.19. The number of aryl methyl sites for hydroxylation is 2. The number of thiophene rings is 1. The van der Waals surface area contributed by atoms with Crippen molar-refractivity contribution in [2.45, 2.75) is 127 Å². The van der Waals surface area contributed by atoms with E-state index in [0.29, 0.717) is 23.8 Å². The van der Waals surface area contributed by atoms with Gasteiger partial charge in [0.2, 0.25) is 5.76 Å². The van der Waals surface area contributed by atoms with Gasteiger partial charge in [-0.05, 0) is 63.3 Å². The van der Waals surface area contributed by atoms with Crippen LogP contribution in [0, 0.1) is 6.92 Å². The zero-order valence-corrected chi connectivity index (χ0v) is 27.9. The van der Waals surface area contributed by atoms with Crippen molar-refractivity contribution in [3.63, 3.8) is 0 Å². The van der Waals surface area contributed by atoms with Crippen LogP contribution in [-0.2, 0) is 22.4 Å². The number of hydrogen-bond acceptors (Lipinski definition) is 7. The smallest absolute Gasteiger partial charge is 0.372 e. The van der Waals surface area contributed by atoms with E-state index in [0.717, 1.165) is 42.6 Å². The first-order valence-corrected chi connectivity index (χ1v) is 17.6. The molecule has 0 bridgehead atoms. The van der Waals surface area contributed by atoms with Crippen LogP contribution in [0.15, 0.2) is 38.4 Å². The lowest BCUT2D eigenvalue weighted by molar-refractivity contribution is -0.140.